The monoisotopic (exact) mass is 370 g/mol. The zero-order chi connectivity index (χ0) is 19.6. The maximum absolute atomic E-state index is 12.7. The summed E-state index contributed by atoms with van der Waals surface area (Å²) >= 11 is 0. The molecule has 0 bridgehead atoms. The third-order valence-corrected chi connectivity index (χ3v) is 5.00. The number of furan rings is 1. The number of hydrogen-bond acceptors (Lipinski definition) is 4. The van der Waals surface area contributed by atoms with Crippen LogP contribution in [-0.4, -0.2) is 41.0 Å². The third-order valence-electron chi connectivity index (χ3n) is 5.00. The molecular formula is C21H26N2O4. The topological polar surface area (TPSA) is 82.8 Å². The Morgan fingerprint density at radius 2 is 1.89 bits per heavy atom. The van der Waals surface area contributed by atoms with Crippen molar-refractivity contribution in [3.8, 4) is 5.75 Å². The summed E-state index contributed by atoms with van der Waals surface area (Å²) in [6.45, 7) is 6.95. The van der Waals surface area contributed by atoms with Gasteiger partial charge in [0.15, 0.2) is 5.76 Å². The molecule has 1 aromatic heterocycles. The fraction of sp³-hybridized carbons (Fsp3) is 0.429. The molecule has 1 fully saturated rings. The minimum absolute atomic E-state index is 0.00358. The average Bonchev–Trinajstić information content (AvgIpc) is 3.08. The smallest absolute Gasteiger partial charge is 0.287 e. The number of benzene rings is 1. The highest BCUT2D eigenvalue weighted by Gasteiger charge is 2.26. The van der Waals surface area contributed by atoms with Gasteiger partial charge in [0.2, 0.25) is 0 Å². The van der Waals surface area contributed by atoms with Gasteiger partial charge < -0.3 is 19.7 Å². The first-order chi connectivity index (χ1) is 12.8. The Morgan fingerprint density at radius 1 is 1.19 bits per heavy atom. The number of nitrogens with one attached hydrogen (secondary N) is 1. The van der Waals surface area contributed by atoms with E-state index in [0.717, 1.165) is 5.56 Å². The van der Waals surface area contributed by atoms with Crippen LogP contribution >= 0.6 is 0 Å². The first kappa shape index (κ1) is 19.0. The van der Waals surface area contributed by atoms with Gasteiger partial charge in [-0.2, -0.15) is 0 Å². The van der Waals surface area contributed by atoms with E-state index >= 15 is 0 Å². The Morgan fingerprint density at radius 3 is 2.44 bits per heavy atom. The van der Waals surface area contributed by atoms with Gasteiger partial charge >= 0.3 is 0 Å². The molecule has 6 nitrogen and oxygen atoms in total. The van der Waals surface area contributed by atoms with Gasteiger partial charge in [-0.3, -0.25) is 9.59 Å². The summed E-state index contributed by atoms with van der Waals surface area (Å²) < 4.78 is 5.34. The van der Waals surface area contributed by atoms with E-state index in [-0.39, 0.29) is 29.5 Å². The summed E-state index contributed by atoms with van der Waals surface area (Å²) in [5, 5.41) is 13.2. The van der Waals surface area contributed by atoms with Crippen molar-refractivity contribution >= 4 is 11.8 Å². The summed E-state index contributed by atoms with van der Waals surface area (Å²) in [7, 11) is 0. The van der Waals surface area contributed by atoms with E-state index < -0.39 is 0 Å². The summed E-state index contributed by atoms with van der Waals surface area (Å²) in [6.07, 6.45) is 1.34. The lowest BCUT2D eigenvalue weighted by Gasteiger charge is -2.32. The van der Waals surface area contributed by atoms with E-state index in [0.29, 0.717) is 43.0 Å². The Hall–Kier alpha value is -2.76. The van der Waals surface area contributed by atoms with Gasteiger partial charge in [-0.05, 0) is 55.5 Å². The van der Waals surface area contributed by atoms with Crippen LogP contribution in [0.5, 0.6) is 5.75 Å². The van der Waals surface area contributed by atoms with Crippen LogP contribution < -0.4 is 5.32 Å². The molecule has 3 rings (SSSR count). The van der Waals surface area contributed by atoms with Crippen molar-refractivity contribution in [1.29, 1.82) is 0 Å². The Kier molecular flexibility index (Phi) is 5.54. The second-order valence-electron chi connectivity index (χ2n) is 7.38. The molecule has 27 heavy (non-hydrogen) atoms. The third kappa shape index (κ3) is 4.32. The van der Waals surface area contributed by atoms with Crippen LogP contribution in [0.3, 0.4) is 0 Å². The first-order valence-corrected chi connectivity index (χ1v) is 9.34. The molecule has 1 aliphatic heterocycles. The highest BCUT2D eigenvalue weighted by atomic mass is 16.3. The molecule has 0 spiro atoms. The SMILES string of the molecule is Cc1ccc(C(=O)NC2CCN(C(=O)c3ccc(C(C)C)cc3O)CC2)o1. The second-order valence-corrected chi connectivity index (χ2v) is 7.38. The standard InChI is InChI=1S/C21H26N2O4/c1-13(2)15-5-6-17(18(24)12-15)21(26)23-10-8-16(9-11-23)22-20(25)19-7-4-14(3)27-19/h4-7,12-13,16,24H,8-11H2,1-3H3,(H,22,25). The molecular weight excluding hydrogens is 344 g/mol. The van der Waals surface area contributed by atoms with E-state index in [2.05, 4.69) is 5.32 Å². The maximum Gasteiger partial charge on any atom is 0.287 e. The van der Waals surface area contributed by atoms with Gasteiger partial charge in [0.25, 0.3) is 11.8 Å². The Labute approximate surface area is 159 Å². The number of aromatic hydroxyl groups is 1. The Bertz CT molecular complexity index is 832. The fourth-order valence-electron chi connectivity index (χ4n) is 3.30. The first-order valence-electron chi connectivity index (χ1n) is 9.34. The van der Waals surface area contributed by atoms with Gasteiger partial charge in [0.1, 0.15) is 11.5 Å². The predicted molar refractivity (Wildman–Crippen MR) is 102 cm³/mol. The van der Waals surface area contributed by atoms with Crippen LogP contribution in [0.15, 0.2) is 34.7 Å². The van der Waals surface area contributed by atoms with Crippen molar-refractivity contribution in [1.82, 2.24) is 10.2 Å². The number of nitrogens with zero attached hydrogens (tertiary/aromatic N) is 1. The molecule has 1 saturated heterocycles. The molecule has 2 heterocycles. The van der Waals surface area contributed by atoms with Crippen LogP contribution in [0.1, 0.15) is 64.8 Å². The molecule has 1 aromatic carbocycles. The van der Waals surface area contributed by atoms with E-state index in [1.807, 2.05) is 19.9 Å². The number of rotatable bonds is 4. The van der Waals surface area contributed by atoms with Crippen LogP contribution in [-0.2, 0) is 0 Å². The van der Waals surface area contributed by atoms with Crippen molar-refractivity contribution in [2.75, 3.05) is 13.1 Å². The highest BCUT2D eigenvalue weighted by Crippen LogP contribution is 2.26. The summed E-state index contributed by atoms with van der Waals surface area (Å²) in [5.74, 6) is 0.918. The van der Waals surface area contributed by atoms with Gasteiger partial charge in [0.05, 0.1) is 5.56 Å². The molecule has 0 saturated carbocycles. The lowest BCUT2D eigenvalue weighted by molar-refractivity contribution is 0.0693. The molecule has 1 aliphatic rings. The van der Waals surface area contributed by atoms with E-state index in [1.165, 1.54) is 0 Å². The number of aryl methyl sites for hydroxylation is 1. The van der Waals surface area contributed by atoms with Crippen molar-refractivity contribution in [2.24, 2.45) is 0 Å². The lowest BCUT2D eigenvalue weighted by Crippen LogP contribution is -2.46. The molecule has 144 valence electrons. The molecule has 0 aliphatic carbocycles. The van der Waals surface area contributed by atoms with Crippen molar-refractivity contribution in [3.63, 3.8) is 0 Å². The normalized spacial score (nSPS) is 15.2. The highest BCUT2D eigenvalue weighted by molar-refractivity contribution is 5.97. The summed E-state index contributed by atoms with van der Waals surface area (Å²) in [4.78, 5) is 26.6. The van der Waals surface area contributed by atoms with Gasteiger partial charge in [0, 0.05) is 19.1 Å². The largest absolute Gasteiger partial charge is 0.507 e. The minimum atomic E-state index is -0.227. The van der Waals surface area contributed by atoms with Crippen molar-refractivity contribution in [3.05, 3.63) is 53.0 Å². The zero-order valence-electron chi connectivity index (χ0n) is 16.0. The van der Waals surface area contributed by atoms with E-state index in [9.17, 15) is 14.7 Å². The second kappa shape index (κ2) is 7.86. The van der Waals surface area contributed by atoms with Crippen LogP contribution in [0.4, 0.5) is 0 Å². The number of carbonyl (C=O) groups excluding carboxylic acids is 2. The Balaban J connectivity index is 1.57. The average molecular weight is 370 g/mol. The zero-order valence-corrected chi connectivity index (χ0v) is 16.0. The van der Waals surface area contributed by atoms with Gasteiger partial charge in [-0.25, -0.2) is 0 Å². The molecule has 0 radical (unpaired) electrons. The molecule has 0 unspecified atom stereocenters. The number of phenolic OH excluding ortho intramolecular Hbond substituents is 1. The van der Waals surface area contributed by atoms with Gasteiger partial charge in [-0.1, -0.05) is 19.9 Å². The lowest BCUT2D eigenvalue weighted by atomic mass is 9.99. The number of piperidine rings is 1. The predicted octanol–water partition coefficient (Wildman–Crippen LogP) is 3.45. The molecule has 6 heteroatoms. The van der Waals surface area contributed by atoms with Crippen LogP contribution in [0.25, 0.3) is 0 Å². The van der Waals surface area contributed by atoms with E-state index in [1.54, 1.807) is 36.1 Å². The number of carbonyl (C=O) groups is 2. The fourth-order valence-corrected chi connectivity index (χ4v) is 3.30. The number of phenols is 1. The molecule has 0 atom stereocenters. The minimum Gasteiger partial charge on any atom is -0.507 e. The molecule has 2 amide bonds. The van der Waals surface area contributed by atoms with Crippen LogP contribution in [0, 0.1) is 6.92 Å². The molecule has 2 N–H and O–H groups in total. The molecule has 2 aromatic rings. The quantitative estimate of drug-likeness (QED) is 0.863. The number of amides is 2. The van der Waals surface area contributed by atoms with E-state index in [4.69, 9.17) is 4.42 Å². The summed E-state index contributed by atoms with van der Waals surface area (Å²) in [6, 6.07) is 8.66. The maximum atomic E-state index is 12.7. The van der Waals surface area contributed by atoms with Crippen LogP contribution in [0.2, 0.25) is 0 Å². The summed E-state index contributed by atoms with van der Waals surface area (Å²) in [5.41, 5.74) is 1.33. The van der Waals surface area contributed by atoms with Crippen molar-refractivity contribution < 1.29 is 19.1 Å². The van der Waals surface area contributed by atoms with Gasteiger partial charge in [-0.15, -0.1) is 0 Å². The number of likely N-dealkylation sites (tertiary alicyclic amines) is 1. The van der Waals surface area contributed by atoms with Crippen molar-refractivity contribution in [2.45, 2.75) is 45.6 Å². The number of hydrogen-bond donors (Lipinski definition) is 2.